The summed E-state index contributed by atoms with van der Waals surface area (Å²) in [5, 5.41) is 2.87. The molecule has 3 aromatic carbocycles. The average molecular weight is 430 g/mol. The van der Waals surface area contributed by atoms with Crippen molar-refractivity contribution >= 4 is 17.7 Å². The molecule has 4 nitrogen and oxygen atoms in total. The highest BCUT2D eigenvalue weighted by Gasteiger charge is 2.01. The van der Waals surface area contributed by atoms with Crippen LogP contribution in [0.3, 0.4) is 0 Å². The molecular weight excluding hydrogens is 398 g/mol. The zero-order valence-electron chi connectivity index (χ0n) is 18.6. The smallest absolute Gasteiger partial charge is 0.248 e. The molecular formula is C28H31NO3. The summed E-state index contributed by atoms with van der Waals surface area (Å²) in [6.45, 7) is 3.43. The first-order valence-corrected chi connectivity index (χ1v) is 11.2. The number of rotatable bonds is 12. The standard InChI is InChI=1S/C28H31NO3/c1-2-3-4-8-20-31-26-17-15-25(16-18-26)29-28(30)19-14-23-12-9-13-27(21-23)32-22-24-10-6-5-7-11-24/h5-7,9-19,21H,2-4,8,20,22H2,1H3,(H,29,30)/b19-14+. The first kappa shape index (κ1) is 23.1. The van der Waals surface area contributed by atoms with Gasteiger partial charge in [-0.2, -0.15) is 0 Å². The number of anilines is 1. The summed E-state index contributed by atoms with van der Waals surface area (Å²) in [6.07, 6.45) is 8.02. The molecule has 1 N–H and O–H groups in total. The first-order chi connectivity index (χ1) is 15.7. The minimum atomic E-state index is -0.186. The fourth-order valence-corrected chi connectivity index (χ4v) is 3.16. The summed E-state index contributed by atoms with van der Waals surface area (Å²) in [6, 6.07) is 25.2. The van der Waals surface area contributed by atoms with Crippen LogP contribution in [0.15, 0.2) is 84.9 Å². The van der Waals surface area contributed by atoms with E-state index in [-0.39, 0.29) is 5.91 Å². The maximum atomic E-state index is 12.3. The number of ether oxygens (including phenoxy) is 2. The molecule has 0 bridgehead atoms. The molecule has 0 aromatic heterocycles. The molecule has 1 amide bonds. The second kappa shape index (κ2) is 13.0. The van der Waals surface area contributed by atoms with Gasteiger partial charge in [-0.3, -0.25) is 4.79 Å². The predicted molar refractivity (Wildman–Crippen MR) is 131 cm³/mol. The van der Waals surface area contributed by atoms with Crippen molar-refractivity contribution in [3.63, 3.8) is 0 Å². The predicted octanol–water partition coefficient (Wildman–Crippen LogP) is 6.88. The Balaban J connectivity index is 1.45. The van der Waals surface area contributed by atoms with Gasteiger partial charge in [-0.15, -0.1) is 0 Å². The third kappa shape index (κ3) is 8.31. The monoisotopic (exact) mass is 429 g/mol. The molecule has 3 rings (SSSR count). The summed E-state index contributed by atoms with van der Waals surface area (Å²) in [5.74, 6) is 1.40. The minimum Gasteiger partial charge on any atom is -0.494 e. The summed E-state index contributed by atoms with van der Waals surface area (Å²) in [7, 11) is 0. The van der Waals surface area contributed by atoms with Crippen molar-refractivity contribution in [2.24, 2.45) is 0 Å². The Morgan fingerprint density at radius 1 is 0.844 bits per heavy atom. The summed E-state index contributed by atoms with van der Waals surface area (Å²) >= 11 is 0. The lowest BCUT2D eigenvalue weighted by molar-refractivity contribution is -0.111. The minimum absolute atomic E-state index is 0.186. The molecule has 166 valence electrons. The van der Waals surface area contributed by atoms with Crippen molar-refractivity contribution in [3.8, 4) is 11.5 Å². The van der Waals surface area contributed by atoms with Crippen LogP contribution >= 0.6 is 0 Å². The summed E-state index contributed by atoms with van der Waals surface area (Å²) in [5.41, 5.74) is 2.75. The first-order valence-electron chi connectivity index (χ1n) is 11.2. The van der Waals surface area contributed by atoms with Crippen molar-refractivity contribution in [1.29, 1.82) is 0 Å². The van der Waals surface area contributed by atoms with Gasteiger partial charge in [0.1, 0.15) is 18.1 Å². The van der Waals surface area contributed by atoms with Crippen LogP contribution in [-0.2, 0) is 11.4 Å². The van der Waals surface area contributed by atoms with Crippen LogP contribution in [0.1, 0.15) is 43.7 Å². The largest absolute Gasteiger partial charge is 0.494 e. The van der Waals surface area contributed by atoms with Gasteiger partial charge in [0.2, 0.25) is 5.91 Å². The lowest BCUT2D eigenvalue weighted by Crippen LogP contribution is -2.07. The third-order valence-corrected chi connectivity index (χ3v) is 4.92. The number of carbonyl (C=O) groups excluding carboxylic acids is 1. The highest BCUT2D eigenvalue weighted by molar-refractivity contribution is 6.01. The maximum absolute atomic E-state index is 12.3. The molecule has 0 atom stereocenters. The number of amides is 1. The molecule has 0 saturated carbocycles. The number of nitrogens with one attached hydrogen (secondary N) is 1. The van der Waals surface area contributed by atoms with Crippen LogP contribution in [0.25, 0.3) is 6.08 Å². The molecule has 3 aromatic rings. The Bertz CT molecular complexity index is 981. The molecule has 0 heterocycles. The molecule has 0 fully saturated rings. The van der Waals surface area contributed by atoms with E-state index in [1.165, 1.54) is 25.3 Å². The molecule has 0 saturated heterocycles. The highest BCUT2D eigenvalue weighted by Crippen LogP contribution is 2.18. The third-order valence-electron chi connectivity index (χ3n) is 4.92. The van der Waals surface area contributed by atoms with E-state index < -0.39 is 0 Å². The molecule has 0 unspecified atom stereocenters. The van der Waals surface area contributed by atoms with Crippen LogP contribution in [-0.4, -0.2) is 12.5 Å². The normalized spacial score (nSPS) is 10.8. The molecule has 4 heteroatoms. The van der Waals surface area contributed by atoms with E-state index in [2.05, 4.69) is 12.2 Å². The van der Waals surface area contributed by atoms with E-state index in [1.54, 1.807) is 6.08 Å². The SMILES string of the molecule is CCCCCCOc1ccc(NC(=O)/C=C/c2cccc(OCc3ccccc3)c2)cc1. The molecule has 0 aliphatic rings. The van der Waals surface area contributed by atoms with Gasteiger partial charge < -0.3 is 14.8 Å². The fraction of sp³-hybridized carbons (Fsp3) is 0.250. The summed E-state index contributed by atoms with van der Waals surface area (Å²) < 4.78 is 11.6. The van der Waals surface area contributed by atoms with E-state index in [4.69, 9.17) is 9.47 Å². The maximum Gasteiger partial charge on any atom is 0.248 e. The van der Waals surface area contributed by atoms with Gasteiger partial charge >= 0.3 is 0 Å². The quantitative estimate of drug-likeness (QED) is 0.252. The van der Waals surface area contributed by atoms with Crippen molar-refractivity contribution in [1.82, 2.24) is 0 Å². The van der Waals surface area contributed by atoms with Crippen LogP contribution in [0.4, 0.5) is 5.69 Å². The Kier molecular flexibility index (Phi) is 9.40. The van der Waals surface area contributed by atoms with Gasteiger partial charge in [0.15, 0.2) is 0 Å². The Morgan fingerprint density at radius 3 is 2.44 bits per heavy atom. The molecule has 0 aliphatic heterocycles. The van der Waals surface area contributed by atoms with Gasteiger partial charge in [0.05, 0.1) is 6.61 Å². The van der Waals surface area contributed by atoms with E-state index >= 15 is 0 Å². The molecule has 0 spiro atoms. The summed E-state index contributed by atoms with van der Waals surface area (Å²) in [4.78, 5) is 12.3. The second-order valence-electron chi connectivity index (χ2n) is 7.60. The van der Waals surface area contributed by atoms with Gasteiger partial charge in [-0.1, -0.05) is 68.7 Å². The second-order valence-corrected chi connectivity index (χ2v) is 7.60. The van der Waals surface area contributed by atoms with Crippen LogP contribution < -0.4 is 14.8 Å². The van der Waals surface area contributed by atoms with Crippen molar-refractivity contribution in [2.45, 2.75) is 39.2 Å². The van der Waals surface area contributed by atoms with E-state index in [9.17, 15) is 4.79 Å². The Hall–Kier alpha value is -3.53. The fourth-order valence-electron chi connectivity index (χ4n) is 3.16. The van der Waals surface area contributed by atoms with Crippen molar-refractivity contribution < 1.29 is 14.3 Å². The average Bonchev–Trinajstić information content (AvgIpc) is 2.83. The van der Waals surface area contributed by atoms with Crippen molar-refractivity contribution in [3.05, 3.63) is 96.1 Å². The Labute approximate surface area is 190 Å². The lowest BCUT2D eigenvalue weighted by Gasteiger charge is -2.08. The number of benzene rings is 3. The zero-order valence-corrected chi connectivity index (χ0v) is 18.6. The molecule has 0 aliphatic carbocycles. The number of hydrogen-bond acceptors (Lipinski definition) is 3. The number of carbonyl (C=O) groups is 1. The van der Waals surface area contributed by atoms with E-state index in [0.29, 0.717) is 6.61 Å². The van der Waals surface area contributed by atoms with Crippen molar-refractivity contribution in [2.75, 3.05) is 11.9 Å². The van der Waals surface area contributed by atoms with Crippen LogP contribution in [0.2, 0.25) is 0 Å². The van der Waals surface area contributed by atoms with Gasteiger partial charge in [-0.25, -0.2) is 0 Å². The van der Waals surface area contributed by atoms with E-state index in [0.717, 1.165) is 41.3 Å². The topological polar surface area (TPSA) is 47.6 Å². The van der Waals surface area contributed by atoms with Crippen LogP contribution in [0, 0.1) is 0 Å². The highest BCUT2D eigenvalue weighted by atomic mass is 16.5. The van der Waals surface area contributed by atoms with E-state index in [1.807, 2.05) is 78.9 Å². The van der Waals surface area contributed by atoms with Gasteiger partial charge in [-0.05, 0) is 60.0 Å². The van der Waals surface area contributed by atoms with Crippen LogP contribution in [0.5, 0.6) is 11.5 Å². The zero-order chi connectivity index (χ0) is 22.4. The molecule has 0 radical (unpaired) electrons. The van der Waals surface area contributed by atoms with Gasteiger partial charge in [0.25, 0.3) is 0 Å². The number of hydrogen-bond donors (Lipinski definition) is 1. The van der Waals surface area contributed by atoms with Gasteiger partial charge in [0, 0.05) is 11.8 Å². The lowest BCUT2D eigenvalue weighted by atomic mass is 10.2. The molecule has 32 heavy (non-hydrogen) atoms. The number of unbranched alkanes of at least 4 members (excludes halogenated alkanes) is 3. The Morgan fingerprint density at radius 2 is 1.66 bits per heavy atom.